The van der Waals surface area contributed by atoms with Crippen LogP contribution in [0.15, 0.2) is 36.4 Å². The van der Waals surface area contributed by atoms with Crippen LogP contribution in [0.5, 0.6) is 5.75 Å². The van der Waals surface area contributed by atoms with Gasteiger partial charge in [0.05, 0.1) is 0 Å². The van der Waals surface area contributed by atoms with Crippen LogP contribution >= 0.6 is 0 Å². The highest BCUT2D eigenvalue weighted by atomic mass is 16.3. The van der Waals surface area contributed by atoms with Gasteiger partial charge in [-0.25, -0.2) is 0 Å². The molecule has 1 aromatic rings. The molecule has 0 aromatic heterocycles. The molecule has 1 rings (SSSR count). The smallest absolute Gasteiger partial charge is 0.115 e. The molecule has 0 heterocycles. The normalized spacial score (nSPS) is 11.6. The third-order valence-corrected chi connectivity index (χ3v) is 2.43. The molecule has 1 N–H and O–H groups in total. The first-order valence-electron chi connectivity index (χ1n) is 6.51. The van der Waals surface area contributed by atoms with E-state index in [9.17, 15) is 5.11 Å². The predicted molar refractivity (Wildman–Crippen MR) is 80.8 cm³/mol. The number of allylic oxidation sites excluding steroid dienone is 1. The van der Waals surface area contributed by atoms with Gasteiger partial charge < -0.3 is 5.11 Å². The molecule has 0 saturated heterocycles. The van der Waals surface area contributed by atoms with Gasteiger partial charge in [-0.15, -0.1) is 0 Å². The fraction of sp³-hybridized carbons (Fsp3) is 0.412. The topological polar surface area (TPSA) is 23.5 Å². The van der Waals surface area contributed by atoms with E-state index < -0.39 is 0 Å². The number of phenolic OH excluding ortho intramolecular Hbond substituents is 1. The third kappa shape index (κ3) is 7.33. The number of rotatable bonds is 4. The van der Waals surface area contributed by atoms with E-state index in [0.717, 1.165) is 18.7 Å². The van der Waals surface area contributed by atoms with Crippen LogP contribution in [0, 0.1) is 17.3 Å². The first kappa shape index (κ1) is 15.3. The summed E-state index contributed by atoms with van der Waals surface area (Å²) in [5.74, 6) is 6.54. The number of hydrogen-bond donors (Lipinski definition) is 1. The van der Waals surface area contributed by atoms with Crippen molar-refractivity contribution in [2.45, 2.75) is 27.3 Å². The van der Waals surface area contributed by atoms with Gasteiger partial charge in [0, 0.05) is 18.5 Å². The Morgan fingerprint density at radius 3 is 2.68 bits per heavy atom. The minimum atomic E-state index is 0.0534. The van der Waals surface area contributed by atoms with E-state index in [1.54, 1.807) is 12.1 Å². The van der Waals surface area contributed by atoms with Gasteiger partial charge in [0.1, 0.15) is 5.75 Å². The Morgan fingerprint density at radius 2 is 2.05 bits per heavy atom. The summed E-state index contributed by atoms with van der Waals surface area (Å²) in [7, 11) is 2.05. The molecule has 1 aromatic carbocycles. The van der Waals surface area contributed by atoms with Crippen molar-refractivity contribution in [3.63, 3.8) is 0 Å². The van der Waals surface area contributed by atoms with E-state index in [2.05, 4.69) is 43.6 Å². The van der Waals surface area contributed by atoms with Crippen LogP contribution in [-0.4, -0.2) is 23.6 Å². The van der Waals surface area contributed by atoms with Crippen molar-refractivity contribution in [3.05, 3.63) is 42.0 Å². The number of phenols is 1. The Hall–Kier alpha value is -1.72. The highest BCUT2D eigenvalue weighted by Crippen LogP contribution is 2.12. The SMILES string of the molecule is CN(C/C=C/C#CC(C)(C)C)Cc1cccc(O)c1. The lowest BCUT2D eigenvalue weighted by Gasteiger charge is -2.14. The van der Waals surface area contributed by atoms with Gasteiger partial charge in [-0.1, -0.05) is 30.0 Å². The van der Waals surface area contributed by atoms with Crippen LogP contribution in [0.4, 0.5) is 0 Å². The molecule has 0 bridgehead atoms. The summed E-state index contributed by atoms with van der Waals surface area (Å²) in [5, 5.41) is 9.40. The van der Waals surface area contributed by atoms with Gasteiger partial charge in [-0.2, -0.15) is 0 Å². The average molecular weight is 257 g/mol. The quantitative estimate of drug-likeness (QED) is 0.835. The van der Waals surface area contributed by atoms with Crippen LogP contribution in [-0.2, 0) is 6.54 Å². The van der Waals surface area contributed by atoms with Crippen LogP contribution < -0.4 is 0 Å². The predicted octanol–water partition coefficient (Wildman–Crippen LogP) is 3.43. The maximum Gasteiger partial charge on any atom is 0.115 e. The molecule has 0 amide bonds. The van der Waals surface area contributed by atoms with E-state index in [-0.39, 0.29) is 5.41 Å². The summed E-state index contributed by atoms with van der Waals surface area (Å²) in [5.41, 5.74) is 1.16. The molecular formula is C17H23NO. The third-order valence-electron chi connectivity index (χ3n) is 2.43. The first-order chi connectivity index (χ1) is 8.87. The maximum atomic E-state index is 9.40. The number of hydrogen-bond acceptors (Lipinski definition) is 2. The zero-order valence-electron chi connectivity index (χ0n) is 12.3. The Labute approximate surface area is 116 Å². The molecule has 2 nitrogen and oxygen atoms in total. The van der Waals surface area contributed by atoms with Crippen molar-refractivity contribution < 1.29 is 5.11 Å². The largest absolute Gasteiger partial charge is 0.508 e. The molecule has 0 spiro atoms. The lowest BCUT2D eigenvalue weighted by molar-refractivity contribution is 0.362. The van der Waals surface area contributed by atoms with E-state index in [1.165, 1.54) is 0 Å². The molecule has 0 aliphatic heterocycles. The van der Waals surface area contributed by atoms with Crippen molar-refractivity contribution >= 4 is 0 Å². The summed E-state index contributed by atoms with van der Waals surface area (Å²) in [6.45, 7) is 7.95. The molecule has 0 radical (unpaired) electrons. The van der Waals surface area contributed by atoms with Crippen LogP contribution in [0.1, 0.15) is 26.3 Å². The Bertz CT molecular complexity index is 486. The minimum Gasteiger partial charge on any atom is -0.508 e. The minimum absolute atomic E-state index is 0.0534. The van der Waals surface area contributed by atoms with Gasteiger partial charge in [-0.05, 0) is 51.6 Å². The Morgan fingerprint density at radius 1 is 1.32 bits per heavy atom. The van der Waals surface area contributed by atoms with E-state index in [0.29, 0.717) is 5.75 Å². The molecule has 0 saturated carbocycles. The summed E-state index contributed by atoms with van der Waals surface area (Å²) in [6.07, 6.45) is 3.96. The number of likely N-dealkylation sites (N-methyl/N-ethyl adjacent to an activating group) is 1. The number of nitrogens with zero attached hydrogens (tertiary/aromatic N) is 1. The Balaban J connectivity index is 2.41. The molecule has 102 valence electrons. The van der Waals surface area contributed by atoms with Gasteiger partial charge >= 0.3 is 0 Å². The second kappa shape index (κ2) is 7.01. The number of aromatic hydroxyl groups is 1. The van der Waals surface area contributed by atoms with Crippen molar-refractivity contribution in [2.24, 2.45) is 5.41 Å². The Kier molecular flexibility index (Phi) is 5.66. The molecule has 0 atom stereocenters. The van der Waals surface area contributed by atoms with Gasteiger partial charge in [0.2, 0.25) is 0 Å². The van der Waals surface area contributed by atoms with Gasteiger partial charge in [-0.3, -0.25) is 4.90 Å². The fourth-order valence-corrected chi connectivity index (χ4v) is 1.58. The molecule has 0 aliphatic carbocycles. The van der Waals surface area contributed by atoms with Crippen molar-refractivity contribution in [1.29, 1.82) is 0 Å². The van der Waals surface area contributed by atoms with E-state index in [4.69, 9.17) is 0 Å². The van der Waals surface area contributed by atoms with Crippen molar-refractivity contribution in [2.75, 3.05) is 13.6 Å². The van der Waals surface area contributed by atoms with E-state index >= 15 is 0 Å². The van der Waals surface area contributed by atoms with Crippen LogP contribution in [0.25, 0.3) is 0 Å². The summed E-state index contributed by atoms with van der Waals surface area (Å²) in [6, 6.07) is 7.35. The molecule has 0 fully saturated rings. The molecule has 0 unspecified atom stereocenters. The highest BCUT2D eigenvalue weighted by Gasteiger charge is 2.02. The first-order valence-corrected chi connectivity index (χ1v) is 6.51. The highest BCUT2D eigenvalue weighted by molar-refractivity contribution is 5.27. The summed E-state index contributed by atoms with van der Waals surface area (Å²) < 4.78 is 0. The molecule has 19 heavy (non-hydrogen) atoms. The standard InChI is InChI=1S/C17H23NO/c1-17(2,3)11-6-5-7-12-18(4)14-15-9-8-10-16(19)13-15/h5,7-10,13,19H,12,14H2,1-4H3/b7-5+. The maximum absolute atomic E-state index is 9.40. The fourth-order valence-electron chi connectivity index (χ4n) is 1.58. The second-order valence-electron chi connectivity index (χ2n) is 5.79. The van der Waals surface area contributed by atoms with Crippen LogP contribution in [0.2, 0.25) is 0 Å². The monoisotopic (exact) mass is 257 g/mol. The summed E-state index contributed by atoms with van der Waals surface area (Å²) in [4.78, 5) is 2.17. The van der Waals surface area contributed by atoms with Crippen molar-refractivity contribution in [1.82, 2.24) is 4.90 Å². The summed E-state index contributed by atoms with van der Waals surface area (Å²) >= 11 is 0. The molecule has 2 heteroatoms. The lowest BCUT2D eigenvalue weighted by atomic mass is 9.98. The van der Waals surface area contributed by atoms with E-state index in [1.807, 2.05) is 25.3 Å². The molecular weight excluding hydrogens is 234 g/mol. The van der Waals surface area contributed by atoms with Gasteiger partial charge in [0.15, 0.2) is 0 Å². The molecule has 0 aliphatic rings. The van der Waals surface area contributed by atoms with Crippen molar-refractivity contribution in [3.8, 4) is 17.6 Å². The zero-order valence-corrected chi connectivity index (χ0v) is 12.3. The van der Waals surface area contributed by atoms with Gasteiger partial charge in [0.25, 0.3) is 0 Å². The second-order valence-corrected chi connectivity index (χ2v) is 5.79. The number of benzene rings is 1. The van der Waals surface area contributed by atoms with Crippen LogP contribution in [0.3, 0.4) is 0 Å². The average Bonchev–Trinajstić information content (AvgIpc) is 2.26. The zero-order chi connectivity index (χ0) is 14.3. The lowest BCUT2D eigenvalue weighted by Crippen LogP contribution is -2.17.